The summed E-state index contributed by atoms with van der Waals surface area (Å²) >= 11 is 0. The maximum Gasteiger partial charge on any atom is 0.338 e. The summed E-state index contributed by atoms with van der Waals surface area (Å²) in [6.45, 7) is 6.85. The average molecular weight is 339 g/mol. The van der Waals surface area contributed by atoms with Crippen molar-refractivity contribution in [2.45, 2.75) is 33.8 Å². The second-order valence-corrected chi connectivity index (χ2v) is 5.97. The Labute approximate surface area is 147 Å². The highest BCUT2D eigenvalue weighted by Gasteiger charge is 2.19. The van der Waals surface area contributed by atoms with E-state index in [0.29, 0.717) is 16.8 Å². The molecule has 2 rings (SSSR count). The number of carbonyl (C=O) groups is 3. The molecule has 5 nitrogen and oxygen atoms in total. The van der Waals surface area contributed by atoms with Crippen molar-refractivity contribution in [2.24, 2.45) is 0 Å². The van der Waals surface area contributed by atoms with Gasteiger partial charge in [0.25, 0.3) is 5.91 Å². The Morgan fingerprint density at radius 3 is 2.08 bits per heavy atom. The highest BCUT2D eigenvalue weighted by atomic mass is 16.5. The molecule has 2 aromatic carbocycles. The number of benzene rings is 2. The molecule has 0 aliphatic rings. The standard InChI is InChI=1S/C20H21NO4/c1-12-5-6-17(11-13(12)2)20(24)25-15(4)19(23)21-18-9-7-16(8-10-18)14(3)22/h5-11,15H,1-4H3,(H,21,23)/t15-/m1/s1. The van der Waals surface area contributed by atoms with Gasteiger partial charge in [-0.25, -0.2) is 4.79 Å². The predicted molar refractivity (Wildman–Crippen MR) is 95.9 cm³/mol. The molecule has 0 fully saturated rings. The molecule has 0 spiro atoms. The van der Waals surface area contributed by atoms with Gasteiger partial charge >= 0.3 is 5.97 Å². The number of anilines is 1. The fraction of sp³-hybridized carbons (Fsp3) is 0.250. The quantitative estimate of drug-likeness (QED) is 0.666. The van der Waals surface area contributed by atoms with Crippen molar-refractivity contribution in [3.63, 3.8) is 0 Å². The van der Waals surface area contributed by atoms with E-state index in [1.54, 1.807) is 36.4 Å². The molecule has 130 valence electrons. The summed E-state index contributed by atoms with van der Waals surface area (Å²) in [6, 6.07) is 11.8. The lowest BCUT2D eigenvalue weighted by Crippen LogP contribution is -2.30. The van der Waals surface area contributed by atoms with Crippen LogP contribution in [0.2, 0.25) is 0 Å². The Morgan fingerprint density at radius 2 is 1.52 bits per heavy atom. The van der Waals surface area contributed by atoms with Crippen molar-refractivity contribution in [3.05, 3.63) is 64.7 Å². The van der Waals surface area contributed by atoms with E-state index in [1.165, 1.54) is 13.8 Å². The highest BCUT2D eigenvalue weighted by Crippen LogP contribution is 2.13. The lowest BCUT2D eigenvalue weighted by atomic mass is 10.1. The van der Waals surface area contributed by atoms with Crippen LogP contribution in [0, 0.1) is 13.8 Å². The van der Waals surface area contributed by atoms with Gasteiger partial charge in [-0.3, -0.25) is 9.59 Å². The minimum atomic E-state index is -0.943. The Bertz CT molecular complexity index is 809. The maximum atomic E-state index is 12.2. The van der Waals surface area contributed by atoms with E-state index in [1.807, 2.05) is 19.9 Å². The van der Waals surface area contributed by atoms with E-state index in [-0.39, 0.29) is 5.78 Å². The van der Waals surface area contributed by atoms with Crippen LogP contribution in [-0.4, -0.2) is 23.8 Å². The summed E-state index contributed by atoms with van der Waals surface area (Å²) in [5.41, 5.74) is 3.57. The first-order valence-electron chi connectivity index (χ1n) is 7.98. The smallest absolute Gasteiger partial charge is 0.338 e. The first-order chi connectivity index (χ1) is 11.8. The number of hydrogen-bond donors (Lipinski definition) is 1. The largest absolute Gasteiger partial charge is 0.449 e. The van der Waals surface area contributed by atoms with Gasteiger partial charge < -0.3 is 10.1 Å². The Balaban J connectivity index is 1.98. The molecule has 0 radical (unpaired) electrons. The van der Waals surface area contributed by atoms with Crippen molar-refractivity contribution < 1.29 is 19.1 Å². The number of ketones is 1. The number of esters is 1. The SMILES string of the molecule is CC(=O)c1ccc(NC(=O)[C@@H](C)OC(=O)c2ccc(C)c(C)c2)cc1. The molecule has 25 heavy (non-hydrogen) atoms. The number of Topliss-reactive ketones (excluding diaryl/α,β-unsaturated/α-hetero) is 1. The molecule has 0 heterocycles. The van der Waals surface area contributed by atoms with Crippen LogP contribution in [0.15, 0.2) is 42.5 Å². The van der Waals surface area contributed by atoms with Crippen LogP contribution >= 0.6 is 0 Å². The zero-order chi connectivity index (χ0) is 18.6. The topological polar surface area (TPSA) is 72.5 Å². The van der Waals surface area contributed by atoms with Gasteiger partial charge in [-0.15, -0.1) is 0 Å². The molecule has 1 atom stereocenters. The average Bonchev–Trinajstić information content (AvgIpc) is 2.57. The third kappa shape index (κ3) is 4.76. The van der Waals surface area contributed by atoms with Crippen LogP contribution in [0.1, 0.15) is 45.7 Å². The number of hydrogen-bond acceptors (Lipinski definition) is 4. The summed E-state index contributed by atoms with van der Waals surface area (Å²) in [7, 11) is 0. The number of rotatable bonds is 5. The second-order valence-electron chi connectivity index (χ2n) is 5.97. The van der Waals surface area contributed by atoms with E-state index in [9.17, 15) is 14.4 Å². The van der Waals surface area contributed by atoms with Gasteiger partial charge in [0.1, 0.15) is 0 Å². The van der Waals surface area contributed by atoms with Gasteiger partial charge in [0.05, 0.1) is 5.56 Å². The zero-order valence-corrected chi connectivity index (χ0v) is 14.8. The fourth-order valence-electron chi connectivity index (χ4n) is 2.18. The lowest BCUT2D eigenvalue weighted by Gasteiger charge is -2.14. The number of ether oxygens (including phenoxy) is 1. The minimum absolute atomic E-state index is 0.0476. The van der Waals surface area contributed by atoms with Crippen LogP contribution < -0.4 is 5.32 Å². The Morgan fingerprint density at radius 1 is 0.920 bits per heavy atom. The van der Waals surface area contributed by atoms with Crippen LogP contribution in [0.25, 0.3) is 0 Å². The monoisotopic (exact) mass is 339 g/mol. The van der Waals surface area contributed by atoms with Crippen LogP contribution in [0.3, 0.4) is 0 Å². The van der Waals surface area contributed by atoms with Gasteiger partial charge in [-0.05, 0) is 75.2 Å². The van der Waals surface area contributed by atoms with Crippen LogP contribution in [0.4, 0.5) is 5.69 Å². The molecular formula is C20H21NO4. The predicted octanol–water partition coefficient (Wildman–Crippen LogP) is 3.69. The Hall–Kier alpha value is -2.95. The molecule has 0 saturated heterocycles. The first-order valence-corrected chi connectivity index (χ1v) is 7.98. The van der Waals surface area contributed by atoms with Crippen molar-refractivity contribution in [2.75, 3.05) is 5.32 Å². The summed E-state index contributed by atoms with van der Waals surface area (Å²) < 4.78 is 5.22. The summed E-state index contributed by atoms with van der Waals surface area (Å²) in [5.74, 6) is -1.03. The van der Waals surface area contributed by atoms with Gasteiger partial charge in [-0.1, -0.05) is 6.07 Å². The molecule has 0 unspecified atom stereocenters. The summed E-state index contributed by atoms with van der Waals surface area (Å²) in [6.07, 6.45) is -0.943. The van der Waals surface area contributed by atoms with Crippen molar-refractivity contribution in [1.29, 1.82) is 0 Å². The molecule has 1 N–H and O–H groups in total. The zero-order valence-electron chi connectivity index (χ0n) is 14.8. The minimum Gasteiger partial charge on any atom is -0.449 e. The van der Waals surface area contributed by atoms with E-state index in [0.717, 1.165) is 11.1 Å². The molecule has 2 aromatic rings. The van der Waals surface area contributed by atoms with E-state index in [2.05, 4.69) is 5.32 Å². The first kappa shape index (κ1) is 18.4. The van der Waals surface area contributed by atoms with E-state index >= 15 is 0 Å². The van der Waals surface area contributed by atoms with E-state index in [4.69, 9.17) is 4.74 Å². The summed E-state index contributed by atoms with van der Waals surface area (Å²) in [5, 5.41) is 2.66. The fourth-order valence-corrected chi connectivity index (χ4v) is 2.18. The van der Waals surface area contributed by atoms with Crippen molar-refractivity contribution in [1.82, 2.24) is 0 Å². The number of carbonyl (C=O) groups excluding carboxylic acids is 3. The molecule has 0 aromatic heterocycles. The second kappa shape index (κ2) is 7.75. The third-order valence-electron chi connectivity index (χ3n) is 3.95. The van der Waals surface area contributed by atoms with Gasteiger partial charge in [0.2, 0.25) is 0 Å². The molecule has 0 saturated carbocycles. The highest BCUT2D eigenvalue weighted by molar-refractivity contribution is 5.98. The number of amides is 1. The van der Waals surface area contributed by atoms with Crippen molar-refractivity contribution in [3.8, 4) is 0 Å². The van der Waals surface area contributed by atoms with Gasteiger partial charge in [-0.2, -0.15) is 0 Å². The molecule has 0 bridgehead atoms. The maximum absolute atomic E-state index is 12.2. The van der Waals surface area contributed by atoms with Crippen molar-refractivity contribution >= 4 is 23.3 Å². The normalized spacial score (nSPS) is 11.5. The number of aryl methyl sites for hydroxylation is 2. The van der Waals surface area contributed by atoms with Gasteiger partial charge in [0.15, 0.2) is 11.9 Å². The molecule has 5 heteroatoms. The molecular weight excluding hydrogens is 318 g/mol. The van der Waals surface area contributed by atoms with Crippen LogP contribution in [-0.2, 0) is 9.53 Å². The third-order valence-corrected chi connectivity index (χ3v) is 3.95. The summed E-state index contributed by atoms with van der Waals surface area (Å²) in [4.78, 5) is 35.6. The Kier molecular flexibility index (Phi) is 5.70. The van der Waals surface area contributed by atoms with E-state index < -0.39 is 18.0 Å². The number of nitrogens with one attached hydrogen (secondary N) is 1. The molecule has 0 aliphatic carbocycles. The van der Waals surface area contributed by atoms with Crippen LogP contribution in [0.5, 0.6) is 0 Å². The molecule has 0 aliphatic heterocycles. The molecule has 1 amide bonds. The van der Waals surface area contributed by atoms with Gasteiger partial charge in [0, 0.05) is 11.3 Å². The lowest BCUT2D eigenvalue weighted by molar-refractivity contribution is -0.123.